The van der Waals surface area contributed by atoms with Gasteiger partial charge < -0.3 is 5.32 Å². The predicted octanol–water partition coefficient (Wildman–Crippen LogP) is 0.438. The smallest absolute Gasteiger partial charge is 0.271 e. The summed E-state index contributed by atoms with van der Waals surface area (Å²) in [6, 6.07) is 0. The normalized spacial score (nSPS) is 10.1. The Hall–Kier alpha value is -2.24. The summed E-state index contributed by atoms with van der Waals surface area (Å²) in [5, 5.41) is 9.41. The van der Waals surface area contributed by atoms with Crippen LogP contribution in [0.25, 0.3) is 0 Å². The number of aryl methyl sites for hydroxylation is 1. The van der Waals surface area contributed by atoms with E-state index in [0.717, 1.165) is 11.3 Å². The average molecular weight is 217 g/mol. The fraction of sp³-hybridized carbons (Fsp3) is 0.200. The second-order valence-corrected chi connectivity index (χ2v) is 3.29. The molecule has 0 aliphatic heterocycles. The van der Waals surface area contributed by atoms with E-state index in [1.54, 1.807) is 6.20 Å². The van der Waals surface area contributed by atoms with E-state index in [-0.39, 0.29) is 5.91 Å². The molecule has 2 aromatic heterocycles. The first-order valence-electron chi connectivity index (χ1n) is 4.80. The number of hydrogen-bond acceptors (Lipinski definition) is 4. The van der Waals surface area contributed by atoms with Crippen LogP contribution in [0.3, 0.4) is 0 Å². The number of amides is 1. The van der Waals surface area contributed by atoms with E-state index >= 15 is 0 Å². The van der Waals surface area contributed by atoms with Crippen LogP contribution >= 0.6 is 0 Å². The van der Waals surface area contributed by atoms with Gasteiger partial charge in [0.1, 0.15) is 5.69 Å². The molecule has 6 heteroatoms. The zero-order chi connectivity index (χ0) is 11.4. The van der Waals surface area contributed by atoms with Gasteiger partial charge in [0.2, 0.25) is 0 Å². The molecule has 0 aliphatic carbocycles. The van der Waals surface area contributed by atoms with Crippen LogP contribution in [0.5, 0.6) is 0 Å². The lowest BCUT2D eigenvalue weighted by Crippen LogP contribution is -2.24. The SMILES string of the molecule is Cc1[nH]ncc1CNC(=O)c1cnccn1. The molecule has 0 radical (unpaired) electrons. The van der Waals surface area contributed by atoms with E-state index in [1.165, 1.54) is 18.6 Å². The molecule has 0 aromatic carbocycles. The van der Waals surface area contributed by atoms with Gasteiger partial charge in [0, 0.05) is 30.2 Å². The first-order valence-corrected chi connectivity index (χ1v) is 4.80. The monoisotopic (exact) mass is 217 g/mol. The van der Waals surface area contributed by atoms with Crippen LogP contribution in [0.2, 0.25) is 0 Å². The molecule has 0 spiro atoms. The second-order valence-electron chi connectivity index (χ2n) is 3.29. The first-order chi connectivity index (χ1) is 7.77. The lowest BCUT2D eigenvalue weighted by molar-refractivity contribution is 0.0945. The van der Waals surface area contributed by atoms with Crippen LogP contribution in [0, 0.1) is 6.92 Å². The topological polar surface area (TPSA) is 83.6 Å². The van der Waals surface area contributed by atoms with E-state index in [1.807, 2.05) is 6.92 Å². The van der Waals surface area contributed by atoms with Crippen LogP contribution in [0.4, 0.5) is 0 Å². The minimum atomic E-state index is -0.242. The zero-order valence-electron chi connectivity index (χ0n) is 8.77. The Balaban J connectivity index is 1.97. The molecule has 2 aromatic rings. The molecular formula is C10H11N5O. The highest BCUT2D eigenvalue weighted by Gasteiger charge is 2.07. The third kappa shape index (κ3) is 2.22. The van der Waals surface area contributed by atoms with Gasteiger partial charge in [0.25, 0.3) is 5.91 Å². The number of hydrogen-bond donors (Lipinski definition) is 2. The molecule has 1 amide bonds. The van der Waals surface area contributed by atoms with E-state index < -0.39 is 0 Å². The third-order valence-corrected chi connectivity index (χ3v) is 2.17. The Morgan fingerprint density at radius 3 is 2.94 bits per heavy atom. The lowest BCUT2D eigenvalue weighted by atomic mass is 10.2. The van der Waals surface area contributed by atoms with Gasteiger partial charge in [-0.3, -0.25) is 14.9 Å². The number of nitrogens with zero attached hydrogens (tertiary/aromatic N) is 3. The van der Waals surface area contributed by atoms with Crippen molar-refractivity contribution in [1.82, 2.24) is 25.5 Å². The minimum Gasteiger partial charge on any atom is -0.346 e. The third-order valence-electron chi connectivity index (χ3n) is 2.17. The predicted molar refractivity (Wildman–Crippen MR) is 56.5 cm³/mol. The summed E-state index contributed by atoms with van der Waals surface area (Å²) < 4.78 is 0. The summed E-state index contributed by atoms with van der Waals surface area (Å²) in [4.78, 5) is 19.3. The summed E-state index contributed by atoms with van der Waals surface area (Å²) in [5.41, 5.74) is 2.21. The number of carbonyl (C=O) groups excluding carboxylic acids is 1. The zero-order valence-corrected chi connectivity index (χ0v) is 8.77. The van der Waals surface area contributed by atoms with Gasteiger partial charge >= 0.3 is 0 Å². The molecule has 0 bridgehead atoms. The second kappa shape index (κ2) is 4.52. The Kier molecular flexibility index (Phi) is 2.90. The molecule has 82 valence electrons. The standard InChI is InChI=1S/C10H11N5O/c1-7-8(5-14-15-7)4-13-10(16)9-6-11-2-3-12-9/h2-3,5-6H,4H2,1H3,(H,13,16)(H,14,15). The van der Waals surface area contributed by atoms with Crippen LogP contribution in [-0.4, -0.2) is 26.1 Å². The van der Waals surface area contributed by atoms with Gasteiger partial charge in [-0.2, -0.15) is 5.10 Å². The Bertz CT molecular complexity index is 479. The van der Waals surface area contributed by atoms with Gasteiger partial charge in [0.05, 0.1) is 12.4 Å². The molecule has 0 aliphatic rings. The van der Waals surface area contributed by atoms with E-state index in [0.29, 0.717) is 12.2 Å². The summed E-state index contributed by atoms with van der Waals surface area (Å²) in [5.74, 6) is -0.242. The maximum Gasteiger partial charge on any atom is 0.271 e. The van der Waals surface area contributed by atoms with Crippen molar-refractivity contribution in [2.75, 3.05) is 0 Å². The summed E-state index contributed by atoms with van der Waals surface area (Å²) in [6.07, 6.45) is 6.12. The van der Waals surface area contributed by atoms with Crippen molar-refractivity contribution in [2.45, 2.75) is 13.5 Å². The van der Waals surface area contributed by atoms with Gasteiger partial charge in [-0.1, -0.05) is 0 Å². The van der Waals surface area contributed by atoms with Crippen molar-refractivity contribution in [2.24, 2.45) is 0 Å². The van der Waals surface area contributed by atoms with Gasteiger partial charge in [-0.25, -0.2) is 4.98 Å². The van der Waals surface area contributed by atoms with Crippen molar-refractivity contribution in [3.05, 3.63) is 41.7 Å². The number of nitrogens with one attached hydrogen (secondary N) is 2. The molecule has 0 fully saturated rings. The van der Waals surface area contributed by atoms with Gasteiger partial charge in [-0.15, -0.1) is 0 Å². The summed E-state index contributed by atoms with van der Waals surface area (Å²) >= 11 is 0. The van der Waals surface area contributed by atoms with Crippen LogP contribution in [-0.2, 0) is 6.54 Å². The number of aromatic nitrogens is 4. The van der Waals surface area contributed by atoms with E-state index in [2.05, 4.69) is 25.5 Å². The van der Waals surface area contributed by atoms with Crippen molar-refractivity contribution in [3.8, 4) is 0 Å². The lowest BCUT2D eigenvalue weighted by Gasteiger charge is -2.02. The molecule has 16 heavy (non-hydrogen) atoms. The molecule has 2 heterocycles. The summed E-state index contributed by atoms with van der Waals surface area (Å²) in [6.45, 7) is 2.33. The number of H-pyrrole nitrogens is 1. The molecule has 0 unspecified atom stereocenters. The highest BCUT2D eigenvalue weighted by Crippen LogP contribution is 2.01. The summed E-state index contributed by atoms with van der Waals surface area (Å²) in [7, 11) is 0. The number of aromatic amines is 1. The highest BCUT2D eigenvalue weighted by atomic mass is 16.1. The minimum absolute atomic E-state index is 0.242. The molecule has 2 rings (SSSR count). The quantitative estimate of drug-likeness (QED) is 0.781. The maximum absolute atomic E-state index is 11.6. The Labute approximate surface area is 92.1 Å². The first kappa shape index (κ1) is 10.3. The molecule has 0 saturated carbocycles. The molecule has 2 N–H and O–H groups in total. The largest absolute Gasteiger partial charge is 0.346 e. The van der Waals surface area contributed by atoms with Crippen LogP contribution < -0.4 is 5.32 Å². The van der Waals surface area contributed by atoms with Gasteiger partial charge in [0.15, 0.2) is 0 Å². The fourth-order valence-electron chi connectivity index (χ4n) is 1.24. The Morgan fingerprint density at radius 1 is 1.44 bits per heavy atom. The molecule has 0 atom stereocenters. The van der Waals surface area contributed by atoms with Crippen molar-refractivity contribution < 1.29 is 4.79 Å². The van der Waals surface area contributed by atoms with Crippen molar-refractivity contribution >= 4 is 5.91 Å². The van der Waals surface area contributed by atoms with Crippen LogP contribution in [0.1, 0.15) is 21.7 Å². The van der Waals surface area contributed by atoms with Crippen LogP contribution in [0.15, 0.2) is 24.8 Å². The van der Waals surface area contributed by atoms with E-state index in [4.69, 9.17) is 0 Å². The number of rotatable bonds is 3. The van der Waals surface area contributed by atoms with Gasteiger partial charge in [-0.05, 0) is 6.92 Å². The van der Waals surface area contributed by atoms with Crippen molar-refractivity contribution in [1.29, 1.82) is 0 Å². The molecule has 6 nitrogen and oxygen atoms in total. The average Bonchev–Trinajstić information content (AvgIpc) is 2.73. The highest BCUT2D eigenvalue weighted by molar-refractivity contribution is 5.91. The maximum atomic E-state index is 11.6. The molecular weight excluding hydrogens is 206 g/mol. The number of carbonyl (C=O) groups is 1. The Morgan fingerprint density at radius 2 is 2.31 bits per heavy atom. The van der Waals surface area contributed by atoms with Crippen molar-refractivity contribution in [3.63, 3.8) is 0 Å². The fourth-order valence-corrected chi connectivity index (χ4v) is 1.24. The molecule has 0 saturated heterocycles. The van der Waals surface area contributed by atoms with E-state index in [9.17, 15) is 4.79 Å².